The van der Waals surface area contributed by atoms with E-state index in [4.69, 9.17) is 11.5 Å². The summed E-state index contributed by atoms with van der Waals surface area (Å²) in [6.45, 7) is 0. The standard InChI is InChI=1S/C14H11N7/c15-5-11-12(20-14(17)21-13(11)16)10-4-2-1-3-9(10)8-6-18-19-7-8/h1-4,6-7H,(H,18,19)(H4,16,17,20,21). The van der Waals surface area contributed by atoms with Gasteiger partial charge in [0.1, 0.15) is 17.5 Å². The van der Waals surface area contributed by atoms with Gasteiger partial charge in [-0.15, -0.1) is 0 Å². The van der Waals surface area contributed by atoms with E-state index in [1.165, 1.54) is 0 Å². The van der Waals surface area contributed by atoms with Gasteiger partial charge in [0.25, 0.3) is 0 Å². The molecule has 0 atom stereocenters. The van der Waals surface area contributed by atoms with Crippen LogP contribution < -0.4 is 11.5 Å². The third kappa shape index (κ3) is 2.15. The van der Waals surface area contributed by atoms with Gasteiger partial charge in [-0.05, 0) is 5.56 Å². The average molecular weight is 277 g/mol. The van der Waals surface area contributed by atoms with Gasteiger partial charge in [-0.3, -0.25) is 5.10 Å². The molecule has 0 spiro atoms. The molecule has 2 aromatic heterocycles. The number of H-pyrrole nitrogens is 1. The van der Waals surface area contributed by atoms with Crippen molar-refractivity contribution in [1.29, 1.82) is 5.26 Å². The summed E-state index contributed by atoms with van der Waals surface area (Å²) in [7, 11) is 0. The van der Waals surface area contributed by atoms with Crippen molar-refractivity contribution in [3.05, 3.63) is 42.2 Å². The van der Waals surface area contributed by atoms with Crippen molar-refractivity contribution in [3.63, 3.8) is 0 Å². The van der Waals surface area contributed by atoms with Gasteiger partial charge in [-0.25, -0.2) is 4.98 Å². The van der Waals surface area contributed by atoms with Crippen LogP contribution in [0, 0.1) is 11.3 Å². The zero-order valence-corrected chi connectivity index (χ0v) is 10.9. The number of nitrogens with two attached hydrogens (primary N) is 2. The maximum atomic E-state index is 9.30. The first-order chi connectivity index (χ1) is 10.2. The molecule has 0 fully saturated rings. The molecule has 7 heteroatoms. The van der Waals surface area contributed by atoms with Crippen LogP contribution in [-0.4, -0.2) is 20.2 Å². The third-order valence-electron chi connectivity index (χ3n) is 3.06. The Labute approximate surface area is 120 Å². The lowest BCUT2D eigenvalue weighted by Crippen LogP contribution is -2.05. The van der Waals surface area contributed by atoms with Crippen LogP contribution in [0.2, 0.25) is 0 Å². The fraction of sp³-hybridized carbons (Fsp3) is 0. The average Bonchev–Trinajstić information content (AvgIpc) is 3.00. The molecule has 0 radical (unpaired) electrons. The van der Waals surface area contributed by atoms with E-state index in [9.17, 15) is 5.26 Å². The van der Waals surface area contributed by atoms with E-state index in [-0.39, 0.29) is 17.3 Å². The molecule has 0 aliphatic rings. The van der Waals surface area contributed by atoms with Crippen molar-refractivity contribution >= 4 is 11.8 Å². The van der Waals surface area contributed by atoms with Crippen LogP contribution in [0.5, 0.6) is 0 Å². The van der Waals surface area contributed by atoms with Crippen LogP contribution in [0.1, 0.15) is 5.56 Å². The zero-order valence-electron chi connectivity index (χ0n) is 10.9. The Morgan fingerprint density at radius 3 is 2.52 bits per heavy atom. The minimum atomic E-state index is 0.0310. The Bertz CT molecular complexity index is 831. The minimum Gasteiger partial charge on any atom is -0.382 e. The van der Waals surface area contributed by atoms with E-state index in [2.05, 4.69) is 20.2 Å². The minimum absolute atomic E-state index is 0.0310. The summed E-state index contributed by atoms with van der Waals surface area (Å²) in [5.41, 5.74) is 14.6. The Balaban J connectivity index is 2.30. The predicted octanol–water partition coefficient (Wildman–Crippen LogP) is 1.57. The first-order valence-corrected chi connectivity index (χ1v) is 6.12. The fourth-order valence-corrected chi connectivity index (χ4v) is 2.14. The Morgan fingerprint density at radius 2 is 1.86 bits per heavy atom. The number of nitrogens with one attached hydrogen (secondary N) is 1. The normalized spacial score (nSPS) is 10.2. The predicted molar refractivity (Wildman–Crippen MR) is 78.6 cm³/mol. The lowest BCUT2D eigenvalue weighted by Gasteiger charge is -2.10. The van der Waals surface area contributed by atoms with Gasteiger partial charge < -0.3 is 11.5 Å². The Morgan fingerprint density at radius 1 is 1.10 bits per heavy atom. The Hall–Kier alpha value is -3.40. The van der Waals surface area contributed by atoms with Gasteiger partial charge >= 0.3 is 0 Å². The molecule has 3 aromatic rings. The second kappa shape index (κ2) is 4.94. The molecule has 0 saturated heterocycles. The maximum absolute atomic E-state index is 9.30. The number of hydrogen-bond acceptors (Lipinski definition) is 6. The van der Waals surface area contributed by atoms with Gasteiger partial charge in [0.05, 0.1) is 11.9 Å². The largest absolute Gasteiger partial charge is 0.382 e. The molecular weight excluding hydrogens is 266 g/mol. The van der Waals surface area contributed by atoms with Crippen molar-refractivity contribution in [2.75, 3.05) is 11.5 Å². The van der Waals surface area contributed by atoms with Gasteiger partial charge in [-0.2, -0.15) is 15.3 Å². The maximum Gasteiger partial charge on any atom is 0.222 e. The number of anilines is 2. The van der Waals surface area contributed by atoms with Crippen molar-refractivity contribution in [2.24, 2.45) is 0 Å². The summed E-state index contributed by atoms with van der Waals surface area (Å²) in [6, 6.07) is 9.55. The van der Waals surface area contributed by atoms with Crippen LogP contribution in [0.4, 0.5) is 11.8 Å². The molecule has 1 aromatic carbocycles. The molecule has 102 valence electrons. The quantitative estimate of drug-likeness (QED) is 0.651. The van der Waals surface area contributed by atoms with Gasteiger partial charge in [-0.1, -0.05) is 24.3 Å². The number of nitriles is 1. The number of hydrogen-bond donors (Lipinski definition) is 3. The second-order valence-corrected chi connectivity index (χ2v) is 4.34. The number of aromatic amines is 1. The summed E-state index contributed by atoms with van der Waals surface area (Å²) < 4.78 is 0. The highest BCUT2D eigenvalue weighted by Crippen LogP contribution is 2.33. The number of benzene rings is 1. The van der Waals surface area contributed by atoms with Crippen molar-refractivity contribution in [3.8, 4) is 28.5 Å². The zero-order chi connectivity index (χ0) is 14.8. The topological polar surface area (TPSA) is 130 Å². The van der Waals surface area contributed by atoms with E-state index in [0.717, 1.165) is 16.7 Å². The van der Waals surface area contributed by atoms with E-state index < -0.39 is 0 Å². The number of nitrogens with zero attached hydrogens (tertiary/aromatic N) is 4. The highest BCUT2D eigenvalue weighted by Gasteiger charge is 2.16. The highest BCUT2D eigenvalue weighted by molar-refractivity contribution is 5.85. The SMILES string of the molecule is N#Cc1c(N)nc(N)nc1-c1ccccc1-c1cn[nH]c1. The Kier molecular flexibility index (Phi) is 2.97. The smallest absolute Gasteiger partial charge is 0.222 e. The van der Waals surface area contributed by atoms with Gasteiger partial charge in [0, 0.05) is 17.3 Å². The number of aromatic nitrogens is 4. The molecule has 5 N–H and O–H groups in total. The van der Waals surface area contributed by atoms with Gasteiger partial charge in [0.15, 0.2) is 0 Å². The summed E-state index contributed by atoms with van der Waals surface area (Å²) >= 11 is 0. The van der Waals surface area contributed by atoms with Crippen LogP contribution in [0.3, 0.4) is 0 Å². The lowest BCUT2D eigenvalue weighted by molar-refractivity contribution is 1.09. The molecule has 0 bridgehead atoms. The van der Waals surface area contributed by atoms with E-state index in [1.54, 1.807) is 12.4 Å². The second-order valence-electron chi connectivity index (χ2n) is 4.34. The molecule has 0 aliphatic heterocycles. The molecule has 21 heavy (non-hydrogen) atoms. The summed E-state index contributed by atoms with van der Waals surface area (Å²) in [5.74, 6) is 0.102. The van der Waals surface area contributed by atoms with E-state index in [0.29, 0.717) is 5.69 Å². The summed E-state index contributed by atoms with van der Waals surface area (Å²) in [6.07, 6.45) is 3.46. The number of rotatable bonds is 2. The molecule has 0 unspecified atom stereocenters. The first-order valence-electron chi connectivity index (χ1n) is 6.12. The van der Waals surface area contributed by atoms with Gasteiger partial charge in [0.2, 0.25) is 5.95 Å². The molecule has 2 heterocycles. The van der Waals surface area contributed by atoms with Crippen LogP contribution in [0.15, 0.2) is 36.7 Å². The highest BCUT2D eigenvalue weighted by atomic mass is 15.1. The van der Waals surface area contributed by atoms with E-state index >= 15 is 0 Å². The number of nitrogen functional groups attached to an aromatic ring is 2. The van der Waals surface area contributed by atoms with Crippen molar-refractivity contribution in [2.45, 2.75) is 0 Å². The molecule has 0 amide bonds. The summed E-state index contributed by atoms with van der Waals surface area (Å²) in [4.78, 5) is 8.01. The summed E-state index contributed by atoms with van der Waals surface area (Å²) in [5, 5.41) is 16.0. The van der Waals surface area contributed by atoms with E-state index in [1.807, 2.05) is 30.3 Å². The molecule has 7 nitrogen and oxygen atoms in total. The monoisotopic (exact) mass is 277 g/mol. The third-order valence-corrected chi connectivity index (χ3v) is 3.06. The lowest BCUT2D eigenvalue weighted by atomic mass is 9.97. The van der Waals surface area contributed by atoms with Crippen LogP contribution in [0.25, 0.3) is 22.4 Å². The molecule has 0 aliphatic carbocycles. The van der Waals surface area contributed by atoms with Crippen LogP contribution in [-0.2, 0) is 0 Å². The molecule has 0 saturated carbocycles. The van der Waals surface area contributed by atoms with Crippen molar-refractivity contribution in [1.82, 2.24) is 20.2 Å². The first kappa shape index (κ1) is 12.6. The fourth-order valence-electron chi connectivity index (χ4n) is 2.14. The van der Waals surface area contributed by atoms with Crippen LogP contribution >= 0.6 is 0 Å². The molecular formula is C14H11N7. The molecule has 3 rings (SSSR count). The van der Waals surface area contributed by atoms with Crippen molar-refractivity contribution < 1.29 is 0 Å².